The van der Waals surface area contributed by atoms with Crippen LogP contribution in [-0.2, 0) is 0 Å². The fourth-order valence-corrected chi connectivity index (χ4v) is 3.47. The molecule has 2 nitrogen and oxygen atoms in total. The molecule has 0 saturated carbocycles. The van der Waals surface area contributed by atoms with Gasteiger partial charge in [0, 0.05) is 24.2 Å². The van der Waals surface area contributed by atoms with Crippen molar-refractivity contribution in [3.05, 3.63) is 35.6 Å². The van der Waals surface area contributed by atoms with Gasteiger partial charge in [-0.15, -0.1) is 0 Å². The molecule has 21 heavy (non-hydrogen) atoms. The third-order valence-electron chi connectivity index (χ3n) is 4.70. The largest absolute Gasteiger partial charge is 0.310 e. The van der Waals surface area contributed by atoms with Crippen LogP contribution < -0.4 is 5.32 Å². The first-order chi connectivity index (χ1) is 10.1. The molecule has 1 aliphatic heterocycles. The quantitative estimate of drug-likeness (QED) is 0.853. The third kappa shape index (κ3) is 4.27. The summed E-state index contributed by atoms with van der Waals surface area (Å²) in [5, 5.41) is 3.48. The molecule has 0 aliphatic carbocycles. The Balaban J connectivity index is 2.08. The summed E-state index contributed by atoms with van der Waals surface area (Å²) in [4.78, 5) is 2.57. The van der Waals surface area contributed by atoms with E-state index in [9.17, 15) is 4.39 Å². The molecule has 0 bridgehead atoms. The molecule has 118 valence electrons. The van der Waals surface area contributed by atoms with Crippen molar-refractivity contribution in [1.82, 2.24) is 10.2 Å². The molecular formula is C18H29FN2. The second-order valence-corrected chi connectivity index (χ2v) is 6.37. The molecule has 1 aromatic carbocycles. The highest BCUT2D eigenvalue weighted by molar-refractivity contribution is 5.22. The van der Waals surface area contributed by atoms with Crippen molar-refractivity contribution in [2.75, 3.05) is 19.6 Å². The number of halogens is 1. The van der Waals surface area contributed by atoms with Crippen LogP contribution in [0.5, 0.6) is 0 Å². The van der Waals surface area contributed by atoms with Gasteiger partial charge in [0.1, 0.15) is 5.82 Å². The van der Waals surface area contributed by atoms with E-state index in [-0.39, 0.29) is 11.9 Å². The Hall–Kier alpha value is -0.930. The van der Waals surface area contributed by atoms with Crippen molar-refractivity contribution in [2.45, 2.75) is 52.1 Å². The van der Waals surface area contributed by atoms with E-state index in [1.807, 2.05) is 12.1 Å². The maximum absolute atomic E-state index is 14.1. The second kappa shape index (κ2) is 7.90. The number of likely N-dealkylation sites (tertiary alicyclic amines) is 1. The molecule has 1 aliphatic rings. The van der Waals surface area contributed by atoms with Crippen LogP contribution in [0.25, 0.3) is 0 Å². The van der Waals surface area contributed by atoms with Gasteiger partial charge in [-0.05, 0) is 44.8 Å². The van der Waals surface area contributed by atoms with E-state index in [4.69, 9.17) is 0 Å². The fourth-order valence-electron chi connectivity index (χ4n) is 3.47. The highest BCUT2D eigenvalue weighted by Gasteiger charge is 2.26. The summed E-state index contributed by atoms with van der Waals surface area (Å²) in [7, 11) is 0. The van der Waals surface area contributed by atoms with Crippen molar-refractivity contribution in [3.63, 3.8) is 0 Å². The number of hydrogen-bond donors (Lipinski definition) is 1. The SMILES string of the molecule is CCNC(c1ccccc1F)C(C)CN1CCCCC1C. The summed E-state index contributed by atoms with van der Waals surface area (Å²) >= 11 is 0. The van der Waals surface area contributed by atoms with Gasteiger partial charge in [0.05, 0.1) is 0 Å². The Morgan fingerprint density at radius 2 is 2.10 bits per heavy atom. The van der Waals surface area contributed by atoms with Gasteiger partial charge in [-0.25, -0.2) is 4.39 Å². The van der Waals surface area contributed by atoms with E-state index < -0.39 is 0 Å². The first kappa shape index (κ1) is 16.4. The van der Waals surface area contributed by atoms with Crippen molar-refractivity contribution in [3.8, 4) is 0 Å². The van der Waals surface area contributed by atoms with Gasteiger partial charge in [-0.1, -0.05) is 38.5 Å². The highest BCUT2D eigenvalue weighted by atomic mass is 19.1. The van der Waals surface area contributed by atoms with E-state index in [0.29, 0.717) is 12.0 Å². The topological polar surface area (TPSA) is 15.3 Å². The zero-order valence-corrected chi connectivity index (χ0v) is 13.6. The van der Waals surface area contributed by atoms with Gasteiger partial charge in [0.2, 0.25) is 0 Å². The first-order valence-electron chi connectivity index (χ1n) is 8.35. The monoisotopic (exact) mass is 292 g/mol. The fraction of sp³-hybridized carbons (Fsp3) is 0.667. The lowest BCUT2D eigenvalue weighted by atomic mass is 9.92. The highest BCUT2D eigenvalue weighted by Crippen LogP contribution is 2.27. The van der Waals surface area contributed by atoms with Crippen LogP contribution >= 0.6 is 0 Å². The second-order valence-electron chi connectivity index (χ2n) is 6.37. The van der Waals surface area contributed by atoms with Crippen LogP contribution in [-0.4, -0.2) is 30.6 Å². The van der Waals surface area contributed by atoms with E-state index in [0.717, 1.165) is 18.7 Å². The maximum Gasteiger partial charge on any atom is 0.127 e. The molecule has 1 fully saturated rings. The van der Waals surface area contributed by atoms with E-state index in [1.54, 1.807) is 12.1 Å². The van der Waals surface area contributed by atoms with Gasteiger partial charge in [0.25, 0.3) is 0 Å². The van der Waals surface area contributed by atoms with Gasteiger partial charge < -0.3 is 10.2 Å². The predicted octanol–water partition coefficient (Wildman–Crippen LogP) is 3.99. The number of benzene rings is 1. The van der Waals surface area contributed by atoms with Crippen molar-refractivity contribution < 1.29 is 4.39 Å². The molecule has 2 rings (SSSR count). The Labute approximate surface area is 128 Å². The van der Waals surface area contributed by atoms with Crippen molar-refractivity contribution >= 4 is 0 Å². The first-order valence-corrected chi connectivity index (χ1v) is 8.35. The van der Waals surface area contributed by atoms with Crippen LogP contribution in [0.15, 0.2) is 24.3 Å². The zero-order valence-electron chi connectivity index (χ0n) is 13.6. The number of piperidine rings is 1. The molecule has 1 heterocycles. The molecule has 0 aromatic heterocycles. The molecular weight excluding hydrogens is 263 g/mol. The molecule has 1 aromatic rings. The smallest absolute Gasteiger partial charge is 0.127 e. The number of hydrogen-bond acceptors (Lipinski definition) is 2. The zero-order chi connectivity index (χ0) is 15.2. The number of rotatable bonds is 6. The van der Waals surface area contributed by atoms with E-state index in [2.05, 4.69) is 31.0 Å². The average Bonchev–Trinajstić information content (AvgIpc) is 2.48. The van der Waals surface area contributed by atoms with Gasteiger partial charge in [0.15, 0.2) is 0 Å². The molecule has 0 amide bonds. The van der Waals surface area contributed by atoms with Crippen LogP contribution in [0.1, 0.15) is 51.6 Å². The minimum absolute atomic E-state index is 0.0883. The maximum atomic E-state index is 14.1. The minimum Gasteiger partial charge on any atom is -0.310 e. The minimum atomic E-state index is -0.0954. The summed E-state index contributed by atoms with van der Waals surface area (Å²) in [6, 6.07) is 7.92. The number of nitrogens with zero attached hydrogens (tertiary/aromatic N) is 1. The molecule has 1 saturated heterocycles. The van der Waals surface area contributed by atoms with E-state index >= 15 is 0 Å². The third-order valence-corrected chi connectivity index (χ3v) is 4.70. The van der Waals surface area contributed by atoms with Crippen LogP contribution in [0.2, 0.25) is 0 Å². The van der Waals surface area contributed by atoms with Gasteiger partial charge >= 0.3 is 0 Å². The standard InChI is InChI=1S/C18H29FN2/c1-4-20-18(16-10-5-6-11-17(16)19)14(2)13-21-12-8-7-9-15(21)3/h5-6,10-11,14-15,18,20H,4,7-9,12-13H2,1-3H3. The van der Waals surface area contributed by atoms with E-state index in [1.165, 1.54) is 25.8 Å². The van der Waals surface area contributed by atoms with Crippen molar-refractivity contribution in [2.24, 2.45) is 5.92 Å². The molecule has 3 heteroatoms. The molecule has 0 radical (unpaired) electrons. The van der Waals surface area contributed by atoms with Crippen LogP contribution in [0.4, 0.5) is 4.39 Å². The predicted molar refractivity (Wildman–Crippen MR) is 86.9 cm³/mol. The summed E-state index contributed by atoms with van der Waals surface area (Å²) < 4.78 is 14.1. The lowest BCUT2D eigenvalue weighted by Crippen LogP contribution is -2.43. The Morgan fingerprint density at radius 3 is 2.76 bits per heavy atom. The Kier molecular flexibility index (Phi) is 6.19. The summed E-state index contributed by atoms with van der Waals surface area (Å²) in [6.07, 6.45) is 3.93. The Bertz CT molecular complexity index is 435. The molecule has 1 N–H and O–H groups in total. The van der Waals surface area contributed by atoms with Crippen molar-refractivity contribution in [1.29, 1.82) is 0 Å². The van der Waals surface area contributed by atoms with Gasteiger partial charge in [-0.2, -0.15) is 0 Å². The molecule has 0 spiro atoms. The van der Waals surface area contributed by atoms with Crippen LogP contribution in [0, 0.1) is 11.7 Å². The number of nitrogens with one attached hydrogen (secondary N) is 1. The lowest BCUT2D eigenvalue weighted by Gasteiger charge is -2.37. The summed E-state index contributed by atoms with van der Waals surface area (Å²) in [5.74, 6) is 0.296. The average molecular weight is 292 g/mol. The summed E-state index contributed by atoms with van der Waals surface area (Å²) in [6.45, 7) is 9.72. The van der Waals surface area contributed by atoms with Crippen LogP contribution in [0.3, 0.4) is 0 Å². The van der Waals surface area contributed by atoms with Gasteiger partial charge in [-0.3, -0.25) is 0 Å². The summed E-state index contributed by atoms with van der Waals surface area (Å²) in [5.41, 5.74) is 0.802. The lowest BCUT2D eigenvalue weighted by molar-refractivity contribution is 0.127. The molecule has 3 atom stereocenters. The molecule has 3 unspecified atom stereocenters. The normalized spacial score (nSPS) is 23.0. The Morgan fingerprint density at radius 1 is 1.33 bits per heavy atom.